The van der Waals surface area contributed by atoms with Gasteiger partial charge in [0, 0.05) is 37.9 Å². The Kier molecular flexibility index (Phi) is 6.61. The summed E-state index contributed by atoms with van der Waals surface area (Å²) in [6.07, 6.45) is -3.81. The van der Waals surface area contributed by atoms with Crippen LogP contribution in [0, 0.1) is 0 Å². The molecule has 160 valence electrons. The van der Waals surface area contributed by atoms with Gasteiger partial charge in [-0.1, -0.05) is 36.4 Å². The molecule has 1 heterocycles. The molecular weight excluding hydrogens is 397 g/mol. The zero-order valence-electron chi connectivity index (χ0n) is 16.4. The second-order valence-electron chi connectivity index (χ2n) is 7.14. The molecule has 0 aliphatic carbocycles. The predicted molar refractivity (Wildman–Crippen MR) is 107 cm³/mol. The zero-order chi connectivity index (χ0) is 21.7. The zero-order valence-corrected chi connectivity index (χ0v) is 16.4. The Bertz CT molecular complexity index is 903. The topological polar surface area (TPSA) is 73.5 Å². The van der Waals surface area contributed by atoms with Crippen molar-refractivity contribution in [3.8, 4) is 0 Å². The minimum absolute atomic E-state index is 0.0226. The number of carbonyl (C=O) groups excluding carboxylic acids is 2. The fourth-order valence-corrected chi connectivity index (χ4v) is 3.18. The molecule has 3 amide bonds. The number of hydrogen-bond acceptors (Lipinski definition) is 3. The number of nitrogens with one attached hydrogen (secondary N) is 3. The van der Waals surface area contributed by atoms with Gasteiger partial charge in [0.05, 0.1) is 0 Å². The lowest BCUT2D eigenvalue weighted by Gasteiger charge is -2.25. The fraction of sp³-hybridized carbons (Fsp3) is 0.333. The molecule has 0 spiro atoms. The van der Waals surface area contributed by atoms with Gasteiger partial charge in [-0.15, -0.1) is 0 Å². The molecule has 0 radical (unpaired) electrons. The first-order valence-electron chi connectivity index (χ1n) is 9.51. The summed E-state index contributed by atoms with van der Waals surface area (Å²) >= 11 is 0. The maximum absolute atomic E-state index is 13.3. The van der Waals surface area contributed by atoms with Crippen LogP contribution in [-0.2, 0) is 13.0 Å². The standard InChI is InChI=1S/C21H23F3N4O2/c1-28-10-9-15-7-8-16(11-17(15)19(28)29)27-20(30)26-13-18(21(22,23)24)25-12-14-5-3-2-4-6-14/h2-8,11,18,25H,9-10,12-13H2,1H3,(H2,26,27,30)/t18-/m1/s1. The van der Waals surface area contributed by atoms with E-state index in [4.69, 9.17) is 0 Å². The van der Waals surface area contributed by atoms with Crippen LogP contribution in [0.1, 0.15) is 21.5 Å². The Morgan fingerprint density at radius 2 is 1.90 bits per heavy atom. The lowest BCUT2D eigenvalue weighted by Crippen LogP contribution is -2.50. The van der Waals surface area contributed by atoms with Gasteiger partial charge in [0.25, 0.3) is 5.91 Å². The van der Waals surface area contributed by atoms with Gasteiger partial charge in [0.2, 0.25) is 0 Å². The van der Waals surface area contributed by atoms with Crippen LogP contribution in [0.25, 0.3) is 0 Å². The van der Waals surface area contributed by atoms with Crippen molar-refractivity contribution >= 4 is 17.6 Å². The lowest BCUT2D eigenvalue weighted by atomic mass is 9.99. The largest absolute Gasteiger partial charge is 0.405 e. The Morgan fingerprint density at radius 1 is 1.17 bits per heavy atom. The van der Waals surface area contributed by atoms with E-state index in [0.717, 1.165) is 5.56 Å². The monoisotopic (exact) mass is 420 g/mol. The molecular formula is C21H23F3N4O2. The minimum atomic E-state index is -4.52. The van der Waals surface area contributed by atoms with Crippen molar-refractivity contribution < 1.29 is 22.8 Å². The molecule has 0 aromatic heterocycles. The first-order valence-corrected chi connectivity index (χ1v) is 9.51. The number of nitrogens with zero attached hydrogens (tertiary/aromatic N) is 1. The number of anilines is 1. The van der Waals surface area contributed by atoms with Gasteiger partial charge < -0.3 is 20.9 Å². The third-order valence-electron chi connectivity index (χ3n) is 4.92. The molecule has 0 unspecified atom stereocenters. The molecule has 9 heteroatoms. The highest BCUT2D eigenvalue weighted by molar-refractivity contribution is 5.99. The van der Waals surface area contributed by atoms with Crippen LogP contribution < -0.4 is 16.0 Å². The van der Waals surface area contributed by atoms with E-state index in [9.17, 15) is 22.8 Å². The smallest absolute Gasteiger partial charge is 0.341 e. The molecule has 6 nitrogen and oxygen atoms in total. The second-order valence-corrected chi connectivity index (χ2v) is 7.14. The van der Waals surface area contributed by atoms with E-state index in [-0.39, 0.29) is 12.5 Å². The van der Waals surface area contributed by atoms with Crippen molar-refractivity contribution in [2.45, 2.75) is 25.2 Å². The van der Waals surface area contributed by atoms with E-state index in [1.54, 1.807) is 60.5 Å². The fourth-order valence-electron chi connectivity index (χ4n) is 3.18. The van der Waals surface area contributed by atoms with Gasteiger partial charge in [-0.25, -0.2) is 4.79 Å². The summed E-state index contributed by atoms with van der Waals surface area (Å²) in [6, 6.07) is 10.9. The molecule has 3 N–H and O–H groups in total. The average molecular weight is 420 g/mol. The number of benzene rings is 2. The quantitative estimate of drug-likeness (QED) is 0.672. The first kappa shape index (κ1) is 21.6. The van der Waals surface area contributed by atoms with E-state index in [1.807, 2.05) is 0 Å². The van der Waals surface area contributed by atoms with Crippen LogP contribution in [-0.4, -0.2) is 49.2 Å². The van der Waals surface area contributed by atoms with Crippen molar-refractivity contribution in [2.24, 2.45) is 0 Å². The lowest BCUT2D eigenvalue weighted by molar-refractivity contribution is -0.154. The summed E-state index contributed by atoms with van der Waals surface area (Å²) in [5, 5.41) is 7.17. The molecule has 1 aliphatic rings. The number of urea groups is 1. The number of fused-ring (bicyclic) bond motifs is 1. The van der Waals surface area contributed by atoms with Gasteiger partial charge >= 0.3 is 12.2 Å². The van der Waals surface area contributed by atoms with Crippen molar-refractivity contribution in [3.05, 3.63) is 65.2 Å². The Labute approximate surface area is 172 Å². The average Bonchev–Trinajstić information content (AvgIpc) is 2.71. The number of amides is 3. The van der Waals surface area contributed by atoms with Crippen LogP contribution in [0.15, 0.2) is 48.5 Å². The van der Waals surface area contributed by atoms with Gasteiger partial charge in [-0.3, -0.25) is 4.79 Å². The summed E-state index contributed by atoms with van der Waals surface area (Å²) in [7, 11) is 1.69. The van der Waals surface area contributed by atoms with Crippen molar-refractivity contribution in [2.75, 3.05) is 25.5 Å². The highest BCUT2D eigenvalue weighted by Gasteiger charge is 2.39. The van der Waals surface area contributed by atoms with E-state index >= 15 is 0 Å². The third-order valence-corrected chi connectivity index (χ3v) is 4.92. The first-order chi connectivity index (χ1) is 14.2. The molecule has 3 rings (SSSR count). The maximum Gasteiger partial charge on any atom is 0.405 e. The normalized spacial score (nSPS) is 14.8. The van der Waals surface area contributed by atoms with Gasteiger partial charge in [0.15, 0.2) is 0 Å². The summed E-state index contributed by atoms with van der Waals surface area (Å²) in [5.41, 5.74) is 2.42. The van der Waals surface area contributed by atoms with Crippen LogP contribution >= 0.6 is 0 Å². The number of carbonyl (C=O) groups is 2. The third kappa shape index (κ3) is 5.50. The molecule has 1 aliphatic heterocycles. The number of halogens is 3. The minimum Gasteiger partial charge on any atom is -0.341 e. The van der Waals surface area contributed by atoms with Gasteiger partial charge in [0.1, 0.15) is 6.04 Å². The number of rotatable bonds is 6. The summed E-state index contributed by atoms with van der Waals surface area (Å²) in [6.45, 7) is 0.0114. The van der Waals surface area contributed by atoms with Crippen LogP contribution in [0.4, 0.5) is 23.7 Å². The predicted octanol–water partition coefficient (Wildman–Crippen LogP) is 3.16. The highest BCUT2D eigenvalue weighted by atomic mass is 19.4. The highest BCUT2D eigenvalue weighted by Crippen LogP contribution is 2.22. The van der Waals surface area contributed by atoms with Gasteiger partial charge in [-0.2, -0.15) is 13.2 Å². The number of hydrogen-bond donors (Lipinski definition) is 3. The van der Waals surface area contributed by atoms with Crippen LogP contribution in [0.5, 0.6) is 0 Å². The molecule has 2 aromatic carbocycles. The van der Waals surface area contributed by atoms with E-state index in [1.165, 1.54) is 0 Å². The molecule has 0 saturated carbocycles. The molecule has 30 heavy (non-hydrogen) atoms. The Morgan fingerprint density at radius 3 is 2.60 bits per heavy atom. The summed E-state index contributed by atoms with van der Waals surface area (Å²) < 4.78 is 39.9. The SMILES string of the molecule is CN1CCc2ccc(NC(=O)NC[C@@H](NCc3ccccc3)C(F)(F)F)cc2C1=O. The molecule has 0 saturated heterocycles. The van der Waals surface area contributed by atoms with E-state index in [2.05, 4.69) is 16.0 Å². The van der Waals surface area contributed by atoms with Gasteiger partial charge in [-0.05, 0) is 29.7 Å². The van der Waals surface area contributed by atoms with E-state index < -0.39 is 24.8 Å². The molecule has 1 atom stereocenters. The summed E-state index contributed by atoms with van der Waals surface area (Å²) in [4.78, 5) is 25.9. The number of likely N-dealkylation sites (N-methyl/N-ethyl adjacent to an activating group) is 1. The maximum atomic E-state index is 13.3. The molecule has 0 bridgehead atoms. The van der Waals surface area contributed by atoms with Crippen LogP contribution in [0.2, 0.25) is 0 Å². The Hall–Kier alpha value is -3.07. The molecule has 0 fully saturated rings. The summed E-state index contributed by atoms with van der Waals surface area (Å²) in [5.74, 6) is -0.150. The number of alkyl halides is 3. The van der Waals surface area contributed by atoms with Crippen LogP contribution in [0.3, 0.4) is 0 Å². The second kappa shape index (κ2) is 9.17. The Balaban J connectivity index is 1.57. The van der Waals surface area contributed by atoms with Crippen molar-refractivity contribution in [1.29, 1.82) is 0 Å². The van der Waals surface area contributed by atoms with Crippen molar-refractivity contribution in [3.63, 3.8) is 0 Å². The van der Waals surface area contributed by atoms with E-state index in [0.29, 0.717) is 29.8 Å². The molecule has 2 aromatic rings. The van der Waals surface area contributed by atoms with Crippen molar-refractivity contribution in [1.82, 2.24) is 15.5 Å².